The van der Waals surface area contributed by atoms with E-state index in [1.165, 1.54) is 11.8 Å². The third-order valence-corrected chi connectivity index (χ3v) is 2.48. The van der Waals surface area contributed by atoms with Crippen molar-refractivity contribution < 1.29 is 4.79 Å². The highest BCUT2D eigenvalue weighted by Gasteiger charge is 2.02. The average molecular weight is 201 g/mol. The van der Waals surface area contributed by atoms with E-state index < -0.39 is 0 Å². The lowest BCUT2D eigenvalue weighted by Crippen LogP contribution is -2.10. The molecule has 72 valence electrons. The number of hydrogen-bond donors (Lipinski definition) is 1. The minimum absolute atomic E-state index is 0.267. The average Bonchev–Trinajstić information content (AvgIpc) is 2.45. The highest BCUT2D eigenvalue weighted by Crippen LogP contribution is 2.13. The summed E-state index contributed by atoms with van der Waals surface area (Å²) in [5.74, 6) is 0.536. The van der Waals surface area contributed by atoms with E-state index in [1.54, 1.807) is 11.7 Å². The lowest BCUT2D eigenvalue weighted by Gasteiger charge is -1.96. The molecule has 0 saturated carbocycles. The maximum Gasteiger partial charge on any atom is 0.217 e. The topological polar surface area (TPSA) is 86.7 Å². The summed E-state index contributed by atoms with van der Waals surface area (Å²) in [6, 6.07) is 0. The lowest BCUT2D eigenvalue weighted by atomic mass is 10.3. The minimum atomic E-state index is -0.267. The quantitative estimate of drug-likeness (QED) is 0.516. The van der Waals surface area contributed by atoms with Gasteiger partial charge in [0.1, 0.15) is 0 Å². The van der Waals surface area contributed by atoms with Crippen LogP contribution in [0.2, 0.25) is 0 Å². The zero-order valence-electron chi connectivity index (χ0n) is 7.30. The fraction of sp³-hybridized carbons (Fsp3) is 0.667. The zero-order valence-corrected chi connectivity index (χ0v) is 8.12. The smallest absolute Gasteiger partial charge is 0.217 e. The van der Waals surface area contributed by atoms with Crippen LogP contribution >= 0.6 is 11.8 Å². The van der Waals surface area contributed by atoms with Gasteiger partial charge in [0.25, 0.3) is 0 Å². The van der Waals surface area contributed by atoms with Crippen LogP contribution in [0.25, 0.3) is 0 Å². The van der Waals surface area contributed by atoms with E-state index in [-0.39, 0.29) is 5.91 Å². The summed E-state index contributed by atoms with van der Waals surface area (Å²) in [5, 5.41) is 11.7. The maximum atomic E-state index is 10.4. The van der Waals surface area contributed by atoms with Crippen LogP contribution in [0.1, 0.15) is 12.8 Å². The SMILES string of the molecule is Cn1nnnc1SCCCC(N)=O. The third-order valence-electron chi connectivity index (χ3n) is 1.38. The van der Waals surface area contributed by atoms with Gasteiger partial charge in [-0.05, 0) is 16.8 Å². The summed E-state index contributed by atoms with van der Waals surface area (Å²) in [5.41, 5.74) is 4.99. The molecule has 6 nitrogen and oxygen atoms in total. The molecule has 7 heteroatoms. The van der Waals surface area contributed by atoms with E-state index >= 15 is 0 Å². The largest absolute Gasteiger partial charge is 0.370 e. The number of hydrogen-bond acceptors (Lipinski definition) is 5. The van der Waals surface area contributed by atoms with Crippen LogP contribution in [0.3, 0.4) is 0 Å². The van der Waals surface area contributed by atoms with Gasteiger partial charge in [0.05, 0.1) is 0 Å². The number of thioether (sulfide) groups is 1. The Bertz CT molecular complexity index is 286. The molecule has 0 atom stereocenters. The number of carbonyl (C=O) groups is 1. The molecule has 1 rings (SSSR count). The van der Waals surface area contributed by atoms with Gasteiger partial charge in [-0.1, -0.05) is 11.8 Å². The van der Waals surface area contributed by atoms with Crippen molar-refractivity contribution in [3.05, 3.63) is 0 Å². The molecule has 2 N–H and O–H groups in total. The van der Waals surface area contributed by atoms with Crippen LogP contribution in [-0.4, -0.2) is 31.9 Å². The molecular formula is C6H11N5OS. The van der Waals surface area contributed by atoms with E-state index in [0.29, 0.717) is 6.42 Å². The number of primary amides is 1. The van der Waals surface area contributed by atoms with Crippen LogP contribution in [0, 0.1) is 0 Å². The third kappa shape index (κ3) is 3.41. The number of nitrogens with zero attached hydrogens (tertiary/aromatic N) is 4. The van der Waals surface area contributed by atoms with Gasteiger partial charge in [0, 0.05) is 19.2 Å². The van der Waals surface area contributed by atoms with Gasteiger partial charge < -0.3 is 5.73 Å². The molecule has 13 heavy (non-hydrogen) atoms. The Hall–Kier alpha value is -1.11. The van der Waals surface area contributed by atoms with Crippen LogP contribution in [0.4, 0.5) is 0 Å². The molecule has 0 bridgehead atoms. The summed E-state index contributed by atoms with van der Waals surface area (Å²) in [7, 11) is 1.77. The second-order valence-electron chi connectivity index (χ2n) is 2.50. The normalized spacial score (nSPS) is 10.2. The lowest BCUT2D eigenvalue weighted by molar-refractivity contribution is -0.118. The Kier molecular flexibility index (Phi) is 3.69. The second kappa shape index (κ2) is 4.80. The molecule has 0 aromatic carbocycles. The molecule has 0 saturated heterocycles. The predicted octanol–water partition coefficient (Wildman–Crippen LogP) is -0.432. The van der Waals surface area contributed by atoms with Gasteiger partial charge >= 0.3 is 0 Å². The number of tetrazole rings is 1. The minimum Gasteiger partial charge on any atom is -0.370 e. The van der Waals surface area contributed by atoms with E-state index in [1.807, 2.05) is 0 Å². The Balaban J connectivity index is 2.20. The van der Waals surface area contributed by atoms with Gasteiger partial charge in [0.15, 0.2) is 0 Å². The standard InChI is InChI=1S/C6H11N5OS/c1-11-6(8-9-10-11)13-4-2-3-5(7)12/h2-4H2,1H3,(H2,7,12). The molecule has 0 radical (unpaired) electrons. The number of rotatable bonds is 5. The van der Waals surface area contributed by atoms with Crippen molar-refractivity contribution in [3.63, 3.8) is 0 Å². The number of aryl methyl sites for hydroxylation is 1. The van der Waals surface area contributed by atoms with Crippen molar-refractivity contribution >= 4 is 17.7 Å². The van der Waals surface area contributed by atoms with Crippen molar-refractivity contribution in [1.82, 2.24) is 20.2 Å². The van der Waals surface area contributed by atoms with Gasteiger partial charge in [-0.2, -0.15) is 0 Å². The van der Waals surface area contributed by atoms with Crippen molar-refractivity contribution in [1.29, 1.82) is 0 Å². The first-order chi connectivity index (χ1) is 6.20. The Labute approximate surface area is 79.9 Å². The first-order valence-electron chi connectivity index (χ1n) is 3.83. The van der Waals surface area contributed by atoms with Crippen molar-refractivity contribution in [3.8, 4) is 0 Å². The fourth-order valence-corrected chi connectivity index (χ4v) is 1.54. The Morgan fingerprint density at radius 3 is 3.00 bits per heavy atom. The van der Waals surface area contributed by atoms with Crippen LogP contribution in [-0.2, 0) is 11.8 Å². The van der Waals surface area contributed by atoms with Gasteiger partial charge in [0.2, 0.25) is 11.1 Å². The molecule has 0 aliphatic rings. The second-order valence-corrected chi connectivity index (χ2v) is 3.57. The Morgan fingerprint density at radius 2 is 2.46 bits per heavy atom. The molecule has 1 heterocycles. The zero-order chi connectivity index (χ0) is 9.68. The molecule has 0 fully saturated rings. The van der Waals surface area contributed by atoms with Gasteiger partial charge in [-0.25, -0.2) is 4.68 Å². The van der Waals surface area contributed by atoms with Crippen molar-refractivity contribution in [2.75, 3.05) is 5.75 Å². The summed E-state index contributed by atoms with van der Waals surface area (Å²) in [6.07, 6.45) is 1.17. The van der Waals surface area contributed by atoms with Crippen LogP contribution in [0.15, 0.2) is 5.16 Å². The van der Waals surface area contributed by atoms with E-state index in [0.717, 1.165) is 17.3 Å². The molecule has 0 aliphatic heterocycles. The predicted molar refractivity (Wildman–Crippen MR) is 48.0 cm³/mol. The first-order valence-corrected chi connectivity index (χ1v) is 4.82. The summed E-state index contributed by atoms with van der Waals surface area (Å²) >= 11 is 1.51. The van der Waals surface area contributed by atoms with Crippen molar-refractivity contribution in [2.45, 2.75) is 18.0 Å². The van der Waals surface area contributed by atoms with Gasteiger partial charge in [-0.15, -0.1) is 5.10 Å². The van der Waals surface area contributed by atoms with E-state index in [4.69, 9.17) is 5.73 Å². The first kappa shape index (κ1) is 9.97. The van der Waals surface area contributed by atoms with Crippen LogP contribution < -0.4 is 5.73 Å². The molecule has 1 aromatic heterocycles. The van der Waals surface area contributed by atoms with E-state index in [2.05, 4.69) is 15.5 Å². The van der Waals surface area contributed by atoms with E-state index in [9.17, 15) is 4.79 Å². The summed E-state index contributed by atoms with van der Waals surface area (Å²) < 4.78 is 1.59. The number of amides is 1. The number of carbonyl (C=O) groups excluding carboxylic acids is 1. The molecule has 0 spiro atoms. The fourth-order valence-electron chi connectivity index (χ4n) is 0.753. The maximum absolute atomic E-state index is 10.4. The number of aromatic nitrogens is 4. The van der Waals surface area contributed by atoms with Crippen LogP contribution in [0.5, 0.6) is 0 Å². The highest BCUT2D eigenvalue weighted by atomic mass is 32.2. The number of nitrogens with two attached hydrogens (primary N) is 1. The molecule has 0 aliphatic carbocycles. The molecular weight excluding hydrogens is 190 g/mol. The Morgan fingerprint density at radius 1 is 1.69 bits per heavy atom. The summed E-state index contributed by atoms with van der Waals surface area (Å²) in [4.78, 5) is 10.4. The van der Waals surface area contributed by atoms with Gasteiger partial charge in [-0.3, -0.25) is 4.79 Å². The molecule has 1 amide bonds. The highest BCUT2D eigenvalue weighted by molar-refractivity contribution is 7.99. The van der Waals surface area contributed by atoms with Crippen molar-refractivity contribution in [2.24, 2.45) is 12.8 Å². The summed E-state index contributed by atoms with van der Waals surface area (Å²) in [6.45, 7) is 0. The molecule has 1 aromatic rings. The monoisotopic (exact) mass is 201 g/mol. The molecule has 0 unspecified atom stereocenters.